The summed E-state index contributed by atoms with van der Waals surface area (Å²) in [4.78, 5) is 0. The molecule has 4 aliphatic rings. The molecular weight excluding hydrogens is 324 g/mol. The third-order valence-corrected chi connectivity index (χ3v) is 11.4. The molecule has 0 amide bonds. The monoisotopic (exact) mass is 372 g/mol. The first-order valence-electron chi connectivity index (χ1n) is 12.7. The van der Waals surface area contributed by atoms with Crippen molar-refractivity contribution in [2.24, 2.45) is 64.1 Å². The lowest BCUT2D eigenvalue weighted by molar-refractivity contribution is -0.162. The molecule has 4 fully saturated rings. The Kier molecular flexibility index (Phi) is 5.30. The summed E-state index contributed by atoms with van der Waals surface area (Å²) in [6.45, 7) is 18.3. The van der Waals surface area contributed by atoms with Crippen LogP contribution < -0.4 is 0 Å². The van der Waals surface area contributed by atoms with Crippen LogP contribution in [0.5, 0.6) is 0 Å². The van der Waals surface area contributed by atoms with Crippen LogP contribution in [0.15, 0.2) is 0 Å². The lowest BCUT2D eigenvalue weighted by Gasteiger charge is -2.65. The van der Waals surface area contributed by atoms with Crippen molar-refractivity contribution in [1.29, 1.82) is 0 Å². The molecule has 0 aromatic carbocycles. The minimum absolute atomic E-state index is 0.620. The van der Waals surface area contributed by atoms with Gasteiger partial charge in [-0.3, -0.25) is 0 Å². The molecule has 0 aromatic heterocycles. The predicted octanol–water partition coefficient (Wildman–Crippen LogP) is 8.21. The molecule has 0 N–H and O–H groups in total. The summed E-state index contributed by atoms with van der Waals surface area (Å²) in [6.07, 6.45) is 13.5. The molecule has 0 aliphatic heterocycles. The maximum absolute atomic E-state index is 2.76. The van der Waals surface area contributed by atoms with Gasteiger partial charge in [-0.05, 0) is 103 Å². The fraction of sp³-hybridized carbons (Fsp3) is 1.00. The van der Waals surface area contributed by atoms with Crippen molar-refractivity contribution in [2.45, 2.75) is 106 Å². The summed E-state index contributed by atoms with van der Waals surface area (Å²) >= 11 is 0. The van der Waals surface area contributed by atoms with Gasteiger partial charge < -0.3 is 0 Å². The Labute approximate surface area is 170 Å². The molecule has 0 nitrogen and oxygen atoms in total. The van der Waals surface area contributed by atoms with Gasteiger partial charge in [-0.25, -0.2) is 0 Å². The van der Waals surface area contributed by atoms with Crippen molar-refractivity contribution in [1.82, 2.24) is 0 Å². The van der Waals surface area contributed by atoms with Crippen LogP contribution in [0.1, 0.15) is 106 Å². The third-order valence-electron chi connectivity index (χ3n) is 11.4. The molecule has 0 spiro atoms. The summed E-state index contributed by atoms with van der Waals surface area (Å²) in [5, 5.41) is 0. The number of hydrogen-bond acceptors (Lipinski definition) is 0. The van der Waals surface area contributed by atoms with Gasteiger partial charge in [0.2, 0.25) is 0 Å². The van der Waals surface area contributed by atoms with Gasteiger partial charge in [-0.1, -0.05) is 67.7 Å². The van der Waals surface area contributed by atoms with E-state index in [9.17, 15) is 0 Å². The SMILES string of the molecule is CCC[C@@H](C)C1CC[C@H]2[C@@H]3C(C)C[C@@H]4C[C@H](C)CCC4(C)C3CC(C)[C@]12C. The Morgan fingerprint density at radius 1 is 0.926 bits per heavy atom. The number of rotatable bonds is 3. The van der Waals surface area contributed by atoms with E-state index in [1.165, 1.54) is 44.9 Å². The minimum atomic E-state index is 0.620. The average molecular weight is 373 g/mol. The van der Waals surface area contributed by atoms with Crippen LogP contribution in [0.25, 0.3) is 0 Å². The van der Waals surface area contributed by atoms with Gasteiger partial charge in [-0.2, -0.15) is 0 Å². The standard InChI is InChI=1S/C27H48/c1-8-9-18(3)22-10-11-23-25-19(4)15-21-14-17(2)12-13-26(21,6)24(25)16-20(5)27(22,23)7/h17-25H,8-16H2,1-7H3/t17-,18-,19?,20?,21+,22?,23+,24?,25+,26?,27-/m1/s1. The van der Waals surface area contributed by atoms with Crippen molar-refractivity contribution >= 4 is 0 Å². The second-order valence-corrected chi connectivity index (χ2v) is 12.5. The highest BCUT2D eigenvalue weighted by atomic mass is 14.7. The van der Waals surface area contributed by atoms with Gasteiger partial charge >= 0.3 is 0 Å². The van der Waals surface area contributed by atoms with Gasteiger partial charge in [0, 0.05) is 0 Å². The maximum Gasteiger partial charge on any atom is -0.0238 e. The lowest BCUT2D eigenvalue weighted by atomic mass is 9.40. The predicted molar refractivity (Wildman–Crippen MR) is 118 cm³/mol. The molecule has 156 valence electrons. The molecule has 27 heavy (non-hydrogen) atoms. The molecule has 0 radical (unpaired) electrons. The molecule has 11 atom stereocenters. The number of hydrogen-bond donors (Lipinski definition) is 0. The molecule has 4 saturated carbocycles. The molecule has 0 heteroatoms. The topological polar surface area (TPSA) is 0 Å². The largest absolute Gasteiger partial charge is 0.0654 e. The van der Waals surface area contributed by atoms with Crippen molar-refractivity contribution in [3.63, 3.8) is 0 Å². The Morgan fingerprint density at radius 3 is 2.37 bits per heavy atom. The summed E-state index contributed by atoms with van der Waals surface area (Å²) in [5.41, 5.74) is 1.28. The van der Waals surface area contributed by atoms with Crippen molar-refractivity contribution in [2.75, 3.05) is 0 Å². The maximum atomic E-state index is 2.76. The highest BCUT2D eigenvalue weighted by Gasteiger charge is 2.64. The zero-order chi connectivity index (χ0) is 19.6. The Morgan fingerprint density at radius 2 is 1.67 bits per heavy atom. The molecule has 0 saturated heterocycles. The normalized spacial score (nSPS) is 56.1. The van der Waals surface area contributed by atoms with Crippen molar-refractivity contribution in [3.8, 4) is 0 Å². The van der Waals surface area contributed by atoms with E-state index in [-0.39, 0.29) is 0 Å². The van der Waals surface area contributed by atoms with Crippen LogP contribution in [0.2, 0.25) is 0 Å². The molecule has 0 aromatic rings. The minimum Gasteiger partial charge on any atom is -0.0654 e. The fourth-order valence-corrected chi connectivity index (χ4v) is 9.82. The van der Waals surface area contributed by atoms with E-state index in [0.717, 1.165) is 53.3 Å². The summed E-state index contributed by atoms with van der Waals surface area (Å²) in [5.74, 6) is 8.88. The summed E-state index contributed by atoms with van der Waals surface area (Å²) < 4.78 is 0. The summed E-state index contributed by atoms with van der Waals surface area (Å²) in [7, 11) is 0. The van der Waals surface area contributed by atoms with Gasteiger partial charge in [0.25, 0.3) is 0 Å². The summed E-state index contributed by atoms with van der Waals surface area (Å²) in [6, 6.07) is 0. The van der Waals surface area contributed by atoms with Crippen molar-refractivity contribution < 1.29 is 0 Å². The van der Waals surface area contributed by atoms with Gasteiger partial charge in [0.1, 0.15) is 0 Å². The zero-order valence-electron chi connectivity index (χ0n) is 19.6. The van der Waals surface area contributed by atoms with E-state index in [1.807, 2.05) is 0 Å². The lowest BCUT2D eigenvalue weighted by Crippen LogP contribution is -2.58. The van der Waals surface area contributed by atoms with Crippen LogP contribution >= 0.6 is 0 Å². The van der Waals surface area contributed by atoms with Crippen LogP contribution in [0, 0.1) is 64.1 Å². The smallest absolute Gasteiger partial charge is 0.0238 e. The second kappa shape index (κ2) is 7.05. The first-order valence-corrected chi connectivity index (χ1v) is 12.7. The first-order chi connectivity index (χ1) is 12.7. The molecule has 5 unspecified atom stereocenters. The molecule has 0 heterocycles. The molecule has 0 bridgehead atoms. The quantitative estimate of drug-likeness (QED) is 0.468. The Balaban J connectivity index is 1.66. The van der Waals surface area contributed by atoms with E-state index in [4.69, 9.17) is 0 Å². The highest BCUT2D eigenvalue weighted by molar-refractivity contribution is 5.12. The van der Waals surface area contributed by atoms with E-state index in [2.05, 4.69) is 48.5 Å². The average Bonchev–Trinajstić information content (AvgIpc) is 2.96. The van der Waals surface area contributed by atoms with Crippen LogP contribution in [-0.2, 0) is 0 Å². The van der Waals surface area contributed by atoms with E-state index in [1.54, 1.807) is 12.8 Å². The van der Waals surface area contributed by atoms with Crippen molar-refractivity contribution in [3.05, 3.63) is 0 Å². The van der Waals surface area contributed by atoms with Gasteiger partial charge in [-0.15, -0.1) is 0 Å². The van der Waals surface area contributed by atoms with E-state index in [0.29, 0.717) is 10.8 Å². The third kappa shape index (κ3) is 2.89. The van der Waals surface area contributed by atoms with Crippen LogP contribution in [0.3, 0.4) is 0 Å². The number of fused-ring (bicyclic) bond motifs is 5. The van der Waals surface area contributed by atoms with Gasteiger partial charge in [0.15, 0.2) is 0 Å². The van der Waals surface area contributed by atoms with Gasteiger partial charge in [0.05, 0.1) is 0 Å². The first kappa shape index (κ1) is 20.3. The molecule has 4 aliphatic carbocycles. The zero-order valence-corrected chi connectivity index (χ0v) is 19.6. The van der Waals surface area contributed by atoms with Crippen LogP contribution in [-0.4, -0.2) is 0 Å². The molecular formula is C27H48. The Hall–Kier alpha value is 0. The highest BCUT2D eigenvalue weighted by Crippen LogP contribution is 2.71. The Bertz CT molecular complexity index is 536. The van der Waals surface area contributed by atoms with Crippen LogP contribution in [0.4, 0.5) is 0 Å². The second-order valence-electron chi connectivity index (χ2n) is 12.5. The van der Waals surface area contributed by atoms with E-state index >= 15 is 0 Å². The molecule has 4 rings (SSSR count). The fourth-order valence-electron chi connectivity index (χ4n) is 9.82. The van der Waals surface area contributed by atoms with E-state index < -0.39 is 0 Å².